The molecule has 116 valence electrons. The van der Waals surface area contributed by atoms with E-state index < -0.39 is 0 Å². The van der Waals surface area contributed by atoms with Crippen LogP contribution >= 0.6 is 23.2 Å². The summed E-state index contributed by atoms with van der Waals surface area (Å²) >= 11 is 11.7. The van der Waals surface area contributed by atoms with Crippen molar-refractivity contribution in [1.29, 1.82) is 0 Å². The van der Waals surface area contributed by atoms with Crippen LogP contribution in [0, 0.1) is 0 Å². The average molecular weight is 340 g/mol. The van der Waals surface area contributed by atoms with E-state index in [-0.39, 0.29) is 6.03 Å². The van der Waals surface area contributed by atoms with E-state index in [1.807, 2.05) is 12.1 Å². The summed E-state index contributed by atoms with van der Waals surface area (Å²) in [5.74, 6) is 0.531. The first-order valence-electron chi connectivity index (χ1n) is 6.60. The van der Waals surface area contributed by atoms with Gasteiger partial charge >= 0.3 is 6.03 Å². The molecule has 0 radical (unpaired) electrons. The fraction of sp³-hybridized carbons (Fsp3) is 0.214. The Labute approximate surface area is 138 Å². The second-order valence-electron chi connectivity index (χ2n) is 4.38. The molecule has 0 atom stereocenters. The summed E-state index contributed by atoms with van der Waals surface area (Å²) < 4.78 is 0. The maximum absolute atomic E-state index is 11.6. The Bertz CT molecular complexity index is 624. The van der Waals surface area contributed by atoms with Crippen LogP contribution in [0.15, 0.2) is 36.8 Å². The van der Waals surface area contributed by atoms with E-state index in [1.165, 1.54) is 6.20 Å². The lowest BCUT2D eigenvalue weighted by atomic mass is 10.3. The molecule has 3 N–H and O–H groups in total. The van der Waals surface area contributed by atoms with Gasteiger partial charge in [0, 0.05) is 38.2 Å². The van der Waals surface area contributed by atoms with Crippen molar-refractivity contribution in [2.75, 3.05) is 18.4 Å². The smallest absolute Gasteiger partial charge is 0.315 e. The van der Waals surface area contributed by atoms with Gasteiger partial charge in [0.1, 0.15) is 5.82 Å². The zero-order chi connectivity index (χ0) is 15.8. The summed E-state index contributed by atoms with van der Waals surface area (Å²) in [6, 6.07) is 5.07. The number of carbonyl (C=O) groups is 1. The van der Waals surface area contributed by atoms with Crippen molar-refractivity contribution in [3.8, 4) is 0 Å². The topological polar surface area (TPSA) is 78.9 Å². The molecule has 6 nitrogen and oxygen atoms in total. The highest BCUT2D eigenvalue weighted by Gasteiger charge is 2.03. The van der Waals surface area contributed by atoms with Gasteiger partial charge in [-0.05, 0) is 17.7 Å². The summed E-state index contributed by atoms with van der Waals surface area (Å²) in [5.41, 5.74) is 0.938. The molecule has 0 aliphatic heterocycles. The van der Waals surface area contributed by atoms with Gasteiger partial charge in [0.25, 0.3) is 0 Å². The predicted molar refractivity (Wildman–Crippen MR) is 87.2 cm³/mol. The molecule has 2 aromatic rings. The number of nitrogens with one attached hydrogen (secondary N) is 3. The Morgan fingerprint density at radius 3 is 2.77 bits per heavy atom. The number of hydrogen-bond donors (Lipinski definition) is 3. The quantitative estimate of drug-likeness (QED) is 0.707. The molecule has 0 aromatic carbocycles. The average Bonchev–Trinajstić information content (AvgIpc) is 2.52. The first-order chi connectivity index (χ1) is 10.6. The van der Waals surface area contributed by atoms with Crippen LogP contribution in [0.2, 0.25) is 10.0 Å². The minimum atomic E-state index is -0.249. The summed E-state index contributed by atoms with van der Waals surface area (Å²) in [7, 11) is 0. The van der Waals surface area contributed by atoms with Gasteiger partial charge in [-0.15, -0.1) is 0 Å². The lowest BCUT2D eigenvalue weighted by Crippen LogP contribution is -2.37. The Morgan fingerprint density at radius 2 is 2.05 bits per heavy atom. The maximum Gasteiger partial charge on any atom is 0.315 e. The van der Waals surface area contributed by atoms with Crippen LogP contribution in [0.25, 0.3) is 0 Å². The second-order valence-corrected chi connectivity index (χ2v) is 5.23. The van der Waals surface area contributed by atoms with Crippen molar-refractivity contribution in [2.24, 2.45) is 0 Å². The number of amides is 2. The van der Waals surface area contributed by atoms with E-state index in [4.69, 9.17) is 23.2 Å². The predicted octanol–water partition coefficient (Wildman–Crippen LogP) is 2.69. The van der Waals surface area contributed by atoms with Gasteiger partial charge in [-0.1, -0.05) is 29.3 Å². The van der Waals surface area contributed by atoms with E-state index in [0.717, 1.165) is 5.56 Å². The highest BCUT2D eigenvalue weighted by atomic mass is 35.5. The summed E-state index contributed by atoms with van der Waals surface area (Å²) in [4.78, 5) is 19.6. The zero-order valence-corrected chi connectivity index (χ0v) is 13.2. The minimum absolute atomic E-state index is 0.249. The summed E-state index contributed by atoms with van der Waals surface area (Å²) in [6.07, 6.45) is 4.89. The minimum Gasteiger partial charge on any atom is -0.367 e. The van der Waals surface area contributed by atoms with E-state index in [1.54, 1.807) is 18.5 Å². The zero-order valence-electron chi connectivity index (χ0n) is 11.6. The van der Waals surface area contributed by atoms with Gasteiger partial charge in [0.15, 0.2) is 0 Å². The van der Waals surface area contributed by atoms with Gasteiger partial charge in [0.2, 0.25) is 0 Å². The van der Waals surface area contributed by atoms with Crippen LogP contribution in [0.1, 0.15) is 5.56 Å². The van der Waals surface area contributed by atoms with Gasteiger partial charge in [-0.3, -0.25) is 4.98 Å². The van der Waals surface area contributed by atoms with Crippen LogP contribution in [-0.2, 0) is 6.54 Å². The van der Waals surface area contributed by atoms with E-state index >= 15 is 0 Å². The molecule has 2 aromatic heterocycles. The van der Waals surface area contributed by atoms with Crippen LogP contribution in [0.4, 0.5) is 10.6 Å². The molecule has 0 saturated carbocycles. The van der Waals surface area contributed by atoms with Crippen molar-refractivity contribution in [2.45, 2.75) is 6.54 Å². The number of urea groups is 1. The molecule has 0 aliphatic carbocycles. The van der Waals surface area contributed by atoms with Crippen molar-refractivity contribution >= 4 is 35.1 Å². The molecule has 0 spiro atoms. The van der Waals surface area contributed by atoms with Gasteiger partial charge in [0.05, 0.1) is 10.0 Å². The lowest BCUT2D eigenvalue weighted by molar-refractivity contribution is 0.241. The summed E-state index contributed by atoms with van der Waals surface area (Å²) in [6.45, 7) is 1.35. The molecule has 0 bridgehead atoms. The SMILES string of the molecule is O=C(NCCNc1ncc(Cl)cc1Cl)NCc1cccnc1. The molecular weight excluding hydrogens is 325 g/mol. The Balaban J connectivity index is 1.65. The number of aromatic nitrogens is 2. The number of nitrogens with zero attached hydrogens (tertiary/aromatic N) is 2. The molecule has 22 heavy (non-hydrogen) atoms. The van der Waals surface area contributed by atoms with Gasteiger partial charge in [-0.2, -0.15) is 0 Å². The highest BCUT2D eigenvalue weighted by Crippen LogP contribution is 2.21. The normalized spacial score (nSPS) is 10.1. The molecule has 2 rings (SSSR count). The third kappa shape index (κ3) is 5.38. The van der Waals surface area contributed by atoms with Crippen LogP contribution < -0.4 is 16.0 Å². The molecule has 2 amide bonds. The number of rotatable bonds is 6. The van der Waals surface area contributed by atoms with Crippen LogP contribution in [0.3, 0.4) is 0 Å². The van der Waals surface area contributed by atoms with Crippen molar-refractivity contribution in [1.82, 2.24) is 20.6 Å². The van der Waals surface area contributed by atoms with Gasteiger partial charge in [-0.25, -0.2) is 9.78 Å². The maximum atomic E-state index is 11.6. The number of carbonyl (C=O) groups excluding carboxylic acids is 1. The largest absolute Gasteiger partial charge is 0.367 e. The molecule has 2 heterocycles. The molecule has 0 unspecified atom stereocenters. The number of pyridine rings is 2. The molecule has 0 saturated heterocycles. The molecule has 0 aliphatic rings. The fourth-order valence-corrected chi connectivity index (χ4v) is 2.10. The standard InChI is InChI=1S/C14H15Cl2N5O/c15-11-6-12(16)13(20-9-11)18-4-5-19-14(22)21-8-10-2-1-3-17-7-10/h1-3,6-7,9H,4-5,8H2,(H,18,20)(H2,19,21,22). The Kier molecular flexibility index (Phi) is 6.24. The van der Waals surface area contributed by atoms with Gasteiger partial charge < -0.3 is 16.0 Å². The van der Waals surface area contributed by atoms with Crippen LogP contribution in [0.5, 0.6) is 0 Å². The molecule has 0 fully saturated rings. The first kappa shape index (κ1) is 16.3. The number of anilines is 1. The number of halogens is 2. The second kappa shape index (κ2) is 8.41. The Morgan fingerprint density at radius 1 is 1.18 bits per heavy atom. The monoisotopic (exact) mass is 339 g/mol. The third-order valence-electron chi connectivity index (χ3n) is 2.69. The highest BCUT2D eigenvalue weighted by molar-refractivity contribution is 6.35. The van der Waals surface area contributed by atoms with Crippen molar-refractivity contribution < 1.29 is 4.79 Å². The van der Waals surface area contributed by atoms with Crippen LogP contribution in [-0.4, -0.2) is 29.1 Å². The van der Waals surface area contributed by atoms with E-state index in [9.17, 15) is 4.79 Å². The fourth-order valence-electron chi connectivity index (χ4n) is 1.65. The van der Waals surface area contributed by atoms with E-state index in [0.29, 0.717) is 35.5 Å². The Hall–Kier alpha value is -2.05. The number of hydrogen-bond acceptors (Lipinski definition) is 4. The van der Waals surface area contributed by atoms with Crippen molar-refractivity contribution in [3.05, 3.63) is 52.4 Å². The third-order valence-corrected chi connectivity index (χ3v) is 3.18. The van der Waals surface area contributed by atoms with E-state index in [2.05, 4.69) is 25.9 Å². The lowest BCUT2D eigenvalue weighted by Gasteiger charge is -2.09. The first-order valence-corrected chi connectivity index (χ1v) is 7.36. The summed E-state index contributed by atoms with van der Waals surface area (Å²) in [5, 5.41) is 9.39. The molecule has 8 heteroatoms. The molecular formula is C14H15Cl2N5O. The van der Waals surface area contributed by atoms with Crippen molar-refractivity contribution in [3.63, 3.8) is 0 Å².